The number of rotatable bonds is 2. The van der Waals surface area contributed by atoms with Gasteiger partial charge in [-0.15, -0.1) is 0 Å². The molecule has 0 atom stereocenters. The zero-order valence-corrected chi connectivity index (χ0v) is 10.2. The Morgan fingerprint density at radius 1 is 1.41 bits per heavy atom. The Hall–Kier alpha value is -1.84. The van der Waals surface area contributed by atoms with Gasteiger partial charge in [0.15, 0.2) is 5.82 Å². The van der Waals surface area contributed by atoms with Crippen molar-refractivity contribution in [2.75, 3.05) is 5.32 Å². The third-order valence-corrected chi connectivity index (χ3v) is 2.66. The molecule has 1 saturated carbocycles. The molecule has 0 spiro atoms. The third kappa shape index (κ3) is 2.46. The molecule has 0 aromatic carbocycles. The molecule has 0 unspecified atom stereocenters. The van der Waals surface area contributed by atoms with Crippen molar-refractivity contribution < 1.29 is 4.79 Å². The first-order chi connectivity index (χ1) is 8.34. The second kappa shape index (κ2) is 4.99. The van der Waals surface area contributed by atoms with E-state index in [0.717, 1.165) is 23.7 Å². The lowest BCUT2D eigenvalue weighted by atomic mass is 10.3. The predicted molar refractivity (Wildman–Crippen MR) is 68.8 cm³/mol. The Balaban J connectivity index is 0.000000514. The molecule has 1 fully saturated rings. The van der Waals surface area contributed by atoms with E-state index in [9.17, 15) is 4.79 Å². The lowest BCUT2D eigenvalue weighted by Crippen LogP contribution is -2.14. The smallest absolute Gasteiger partial charge is 0.228 e. The lowest BCUT2D eigenvalue weighted by molar-refractivity contribution is -0.117. The van der Waals surface area contributed by atoms with Crippen LogP contribution in [0.2, 0.25) is 0 Å². The van der Waals surface area contributed by atoms with Crippen molar-refractivity contribution in [3.63, 3.8) is 0 Å². The number of H-pyrrole nitrogens is 1. The minimum Gasteiger partial charge on any atom is -0.358 e. The molecule has 90 valence electrons. The normalized spacial score (nSPS) is 14.0. The van der Waals surface area contributed by atoms with Gasteiger partial charge in [0.2, 0.25) is 5.91 Å². The van der Waals surface area contributed by atoms with Crippen LogP contribution in [0.5, 0.6) is 0 Å². The Morgan fingerprint density at radius 2 is 2.18 bits per heavy atom. The molecular weight excluding hydrogens is 214 g/mol. The van der Waals surface area contributed by atoms with E-state index in [1.165, 1.54) is 0 Å². The van der Waals surface area contributed by atoms with Gasteiger partial charge in [0.1, 0.15) is 0 Å². The van der Waals surface area contributed by atoms with Crippen molar-refractivity contribution in [3.8, 4) is 0 Å². The van der Waals surface area contributed by atoms with Gasteiger partial charge in [-0.05, 0) is 25.0 Å². The van der Waals surface area contributed by atoms with Crippen molar-refractivity contribution in [1.29, 1.82) is 0 Å². The minimum absolute atomic E-state index is 0.0876. The SMILES string of the molecule is CC.O=C(Nc1nccc2cc[nH]c12)C1CC1. The molecule has 2 heterocycles. The summed E-state index contributed by atoms with van der Waals surface area (Å²) >= 11 is 0. The first-order valence-electron chi connectivity index (χ1n) is 6.07. The number of fused-ring (bicyclic) bond motifs is 1. The summed E-state index contributed by atoms with van der Waals surface area (Å²) in [6.45, 7) is 4.00. The van der Waals surface area contributed by atoms with Gasteiger partial charge in [-0.1, -0.05) is 13.8 Å². The van der Waals surface area contributed by atoms with Crippen LogP contribution < -0.4 is 5.32 Å². The summed E-state index contributed by atoms with van der Waals surface area (Å²) in [6, 6.07) is 3.88. The molecule has 0 aliphatic heterocycles. The third-order valence-electron chi connectivity index (χ3n) is 2.66. The summed E-state index contributed by atoms with van der Waals surface area (Å²) < 4.78 is 0. The van der Waals surface area contributed by atoms with Crippen LogP contribution in [0.4, 0.5) is 5.82 Å². The number of nitrogens with zero attached hydrogens (tertiary/aromatic N) is 1. The molecule has 2 aromatic rings. The Kier molecular flexibility index (Phi) is 3.42. The van der Waals surface area contributed by atoms with Gasteiger partial charge < -0.3 is 10.3 Å². The van der Waals surface area contributed by atoms with Gasteiger partial charge >= 0.3 is 0 Å². The highest BCUT2D eigenvalue weighted by Crippen LogP contribution is 2.30. The van der Waals surface area contributed by atoms with Gasteiger partial charge in [0.25, 0.3) is 0 Å². The first kappa shape index (κ1) is 11.6. The second-order valence-electron chi connectivity index (χ2n) is 3.86. The monoisotopic (exact) mass is 231 g/mol. The number of aromatic nitrogens is 2. The Morgan fingerprint density at radius 3 is 2.88 bits per heavy atom. The maximum Gasteiger partial charge on any atom is 0.228 e. The molecule has 1 amide bonds. The first-order valence-corrected chi connectivity index (χ1v) is 6.07. The van der Waals surface area contributed by atoms with E-state index in [1.54, 1.807) is 6.20 Å². The molecule has 2 N–H and O–H groups in total. The lowest BCUT2D eigenvalue weighted by Gasteiger charge is -2.03. The molecule has 2 aromatic heterocycles. The number of nitrogens with one attached hydrogen (secondary N) is 2. The number of aromatic amines is 1. The zero-order chi connectivity index (χ0) is 12.3. The number of pyridine rings is 1. The fraction of sp³-hybridized carbons (Fsp3) is 0.385. The molecular formula is C13H17N3O. The van der Waals surface area contributed by atoms with Crippen LogP contribution in [0.1, 0.15) is 26.7 Å². The van der Waals surface area contributed by atoms with Gasteiger partial charge in [0.05, 0.1) is 5.52 Å². The molecule has 17 heavy (non-hydrogen) atoms. The fourth-order valence-corrected chi connectivity index (χ4v) is 1.64. The quantitative estimate of drug-likeness (QED) is 0.834. The maximum atomic E-state index is 11.6. The molecule has 0 saturated heterocycles. The Labute approximate surface area is 100 Å². The molecule has 0 radical (unpaired) electrons. The van der Waals surface area contributed by atoms with E-state index in [2.05, 4.69) is 15.3 Å². The van der Waals surface area contributed by atoms with Crippen LogP contribution in [-0.2, 0) is 4.79 Å². The van der Waals surface area contributed by atoms with E-state index in [0.29, 0.717) is 5.82 Å². The van der Waals surface area contributed by atoms with Crippen LogP contribution >= 0.6 is 0 Å². The second-order valence-corrected chi connectivity index (χ2v) is 3.86. The van der Waals surface area contributed by atoms with E-state index in [-0.39, 0.29) is 11.8 Å². The van der Waals surface area contributed by atoms with E-state index >= 15 is 0 Å². The number of carbonyl (C=O) groups excluding carboxylic acids is 1. The van der Waals surface area contributed by atoms with Crippen LogP contribution in [0.15, 0.2) is 24.5 Å². The van der Waals surface area contributed by atoms with Crippen molar-refractivity contribution in [3.05, 3.63) is 24.5 Å². The molecule has 0 bridgehead atoms. The average Bonchev–Trinajstić information content (AvgIpc) is 3.10. The highest BCUT2D eigenvalue weighted by Gasteiger charge is 2.30. The standard InChI is InChI=1S/C11H11N3O.C2H6/c15-11(8-1-2-8)14-10-9-7(3-5-12-9)4-6-13-10;1-2/h3-6,8,12H,1-2H2,(H,13,14,15);1-2H3. The highest BCUT2D eigenvalue weighted by atomic mass is 16.2. The summed E-state index contributed by atoms with van der Waals surface area (Å²) in [5, 5.41) is 3.92. The number of hydrogen-bond acceptors (Lipinski definition) is 2. The fourth-order valence-electron chi connectivity index (χ4n) is 1.64. The van der Waals surface area contributed by atoms with Crippen LogP contribution in [0.25, 0.3) is 10.9 Å². The van der Waals surface area contributed by atoms with Crippen LogP contribution in [-0.4, -0.2) is 15.9 Å². The number of carbonyl (C=O) groups is 1. The van der Waals surface area contributed by atoms with Crippen molar-refractivity contribution in [1.82, 2.24) is 9.97 Å². The molecule has 1 aliphatic rings. The Bertz CT molecular complexity index is 514. The summed E-state index contributed by atoms with van der Waals surface area (Å²) in [5.74, 6) is 0.927. The van der Waals surface area contributed by atoms with Crippen molar-refractivity contribution in [2.45, 2.75) is 26.7 Å². The van der Waals surface area contributed by atoms with Gasteiger partial charge in [-0.3, -0.25) is 4.79 Å². The topological polar surface area (TPSA) is 57.8 Å². The number of amides is 1. The summed E-state index contributed by atoms with van der Waals surface area (Å²) in [6.07, 6.45) is 5.57. The molecule has 4 nitrogen and oxygen atoms in total. The molecule has 1 aliphatic carbocycles. The van der Waals surface area contributed by atoms with E-state index in [1.807, 2.05) is 32.2 Å². The molecule has 3 rings (SSSR count). The van der Waals surface area contributed by atoms with Crippen LogP contribution in [0.3, 0.4) is 0 Å². The summed E-state index contributed by atoms with van der Waals surface area (Å²) in [5.41, 5.74) is 0.895. The summed E-state index contributed by atoms with van der Waals surface area (Å²) in [7, 11) is 0. The predicted octanol–water partition coefficient (Wildman–Crippen LogP) is 2.94. The average molecular weight is 231 g/mol. The molecule has 4 heteroatoms. The van der Waals surface area contributed by atoms with Crippen molar-refractivity contribution in [2.24, 2.45) is 5.92 Å². The highest BCUT2D eigenvalue weighted by molar-refractivity contribution is 6.00. The van der Waals surface area contributed by atoms with Crippen molar-refractivity contribution >= 4 is 22.6 Å². The number of anilines is 1. The summed E-state index contributed by atoms with van der Waals surface area (Å²) in [4.78, 5) is 18.8. The van der Waals surface area contributed by atoms with E-state index in [4.69, 9.17) is 0 Å². The van der Waals surface area contributed by atoms with Gasteiger partial charge in [-0.2, -0.15) is 0 Å². The number of hydrogen-bond donors (Lipinski definition) is 2. The largest absolute Gasteiger partial charge is 0.358 e. The van der Waals surface area contributed by atoms with Crippen LogP contribution in [0, 0.1) is 5.92 Å². The maximum absolute atomic E-state index is 11.6. The van der Waals surface area contributed by atoms with Gasteiger partial charge in [-0.25, -0.2) is 4.98 Å². The van der Waals surface area contributed by atoms with E-state index < -0.39 is 0 Å². The minimum atomic E-state index is 0.0876. The zero-order valence-electron chi connectivity index (χ0n) is 10.2. The van der Waals surface area contributed by atoms with Gasteiger partial charge in [0, 0.05) is 23.7 Å².